The molecule has 0 aromatic rings. The Balaban J connectivity index is 2.57. The summed E-state index contributed by atoms with van der Waals surface area (Å²) in [4.78, 5) is 0. The summed E-state index contributed by atoms with van der Waals surface area (Å²) in [5.74, 6) is 2.71. The van der Waals surface area contributed by atoms with Crippen LogP contribution < -0.4 is 5.32 Å². The number of unbranched alkanes of at least 4 members (excludes halogenated alkanes) is 1. The summed E-state index contributed by atoms with van der Waals surface area (Å²) >= 11 is 0. The van der Waals surface area contributed by atoms with Crippen LogP contribution in [0.3, 0.4) is 0 Å². The van der Waals surface area contributed by atoms with Gasteiger partial charge in [0.15, 0.2) is 0 Å². The number of rotatable bonds is 7. The second kappa shape index (κ2) is 8.22. The summed E-state index contributed by atoms with van der Waals surface area (Å²) in [6.45, 7) is 16.9. The summed E-state index contributed by atoms with van der Waals surface area (Å²) < 4.78 is 0. The molecule has 0 heterocycles. The molecular weight excluding hydrogens is 242 g/mol. The van der Waals surface area contributed by atoms with Crippen molar-refractivity contribution in [1.82, 2.24) is 5.32 Å². The molecule has 3 atom stereocenters. The predicted molar refractivity (Wildman–Crippen MR) is 91.0 cm³/mol. The van der Waals surface area contributed by atoms with Gasteiger partial charge in [0.05, 0.1) is 0 Å². The zero-order chi connectivity index (χ0) is 15.2. The van der Waals surface area contributed by atoms with Gasteiger partial charge < -0.3 is 5.32 Å². The fourth-order valence-corrected chi connectivity index (χ4v) is 3.65. The zero-order valence-electron chi connectivity index (χ0n) is 14.5. The Kier molecular flexibility index (Phi) is 7.29. The molecule has 1 aliphatic carbocycles. The average Bonchev–Trinajstić information content (AvgIpc) is 2.36. The smallest absolute Gasteiger partial charge is 0.00104 e. The Hall–Kier alpha value is -0.300. The lowest BCUT2D eigenvalue weighted by atomic mass is 9.64. The predicted octanol–water partition coefficient (Wildman–Crippen LogP) is 5.42. The Bertz CT molecular complexity index is 274. The molecule has 0 radical (unpaired) electrons. The van der Waals surface area contributed by atoms with Gasteiger partial charge >= 0.3 is 0 Å². The molecule has 3 unspecified atom stereocenters. The molecule has 1 saturated carbocycles. The van der Waals surface area contributed by atoms with Crippen molar-refractivity contribution in [3.63, 3.8) is 0 Å². The minimum atomic E-state index is 0.479. The van der Waals surface area contributed by atoms with E-state index in [1.165, 1.54) is 45.1 Å². The molecule has 1 fully saturated rings. The van der Waals surface area contributed by atoms with E-state index >= 15 is 0 Å². The van der Waals surface area contributed by atoms with Gasteiger partial charge in [0.2, 0.25) is 0 Å². The first kappa shape index (κ1) is 17.8. The molecule has 118 valence electrons. The third kappa shape index (κ3) is 5.99. The molecule has 1 nitrogen and oxygen atoms in total. The molecule has 20 heavy (non-hydrogen) atoms. The minimum absolute atomic E-state index is 0.479. The fraction of sp³-hybridized carbons (Fsp3) is 0.895. The summed E-state index contributed by atoms with van der Waals surface area (Å²) in [5, 5.41) is 3.67. The monoisotopic (exact) mass is 279 g/mol. The van der Waals surface area contributed by atoms with Crippen molar-refractivity contribution in [2.45, 2.75) is 79.2 Å². The van der Waals surface area contributed by atoms with Crippen molar-refractivity contribution in [2.75, 3.05) is 6.54 Å². The van der Waals surface area contributed by atoms with Crippen molar-refractivity contribution in [2.24, 2.45) is 23.2 Å². The van der Waals surface area contributed by atoms with Crippen LogP contribution in [0.1, 0.15) is 73.1 Å². The molecule has 0 aromatic heterocycles. The maximum atomic E-state index is 3.86. The van der Waals surface area contributed by atoms with Crippen LogP contribution in [0.15, 0.2) is 12.7 Å². The third-order valence-corrected chi connectivity index (χ3v) is 5.14. The largest absolute Gasteiger partial charge is 0.314 e. The van der Waals surface area contributed by atoms with Crippen molar-refractivity contribution in [3.05, 3.63) is 12.7 Å². The van der Waals surface area contributed by atoms with E-state index in [9.17, 15) is 0 Å². The van der Waals surface area contributed by atoms with Crippen molar-refractivity contribution >= 4 is 0 Å². The maximum absolute atomic E-state index is 3.86. The lowest BCUT2D eigenvalue weighted by Gasteiger charge is -2.42. The van der Waals surface area contributed by atoms with Crippen LogP contribution >= 0.6 is 0 Å². The molecule has 1 aliphatic rings. The van der Waals surface area contributed by atoms with Crippen LogP contribution in [-0.2, 0) is 0 Å². The average molecular weight is 280 g/mol. The van der Waals surface area contributed by atoms with Gasteiger partial charge in [0.25, 0.3) is 0 Å². The minimum Gasteiger partial charge on any atom is -0.314 e. The number of allylic oxidation sites excluding steroid dienone is 1. The second-order valence-corrected chi connectivity index (χ2v) is 8.18. The normalized spacial score (nSPS) is 27.8. The van der Waals surface area contributed by atoms with Gasteiger partial charge in [-0.05, 0) is 68.2 Å². The first-order valence-electron chi connectivity index (χ1n) is 8.68. The molecule has 0 bridgehead atoms. The number of hydrogen-bond acceptors (Lipinski definition) is 1. The lowest BCUT2D eigenvalue weighted by Crippen LogP contribution is -2.38. The van der Waals surface area contributed by atoms with Crippen LogP contribution in [0.4, 0.5) is 0 Å². The van der Waals surface area contributed by atoms with E-state index in [-0.39, 0.29) is 0 Å². The Morgan fingerprint density at radius 2 is 1.90 bits per heavy atom. The van der Waals surface area contributed by atoms with Crippen LogP contribution in [0.2, 0.25) is 0 Å². The second-order valence-electron chi connectivity index (χ2n) is 8.18. The summed E-state index contributed by atoms with van der Waals surface area (Å²) in [6.07, 6.45) is 10.2. The summed E-state index contributed by atoms with van der Waals surface area (Å²) in [5.41, 5.74) is 0.479. The SMILES string of the molecule is C=CCCCC1CC(C(C)(C)C)CCC1CNC(C)C. The summed E-state index contributed by atoms with van der Waals surface area (Å²) in [7, 11) is 0. The topological polar surface area (TPSA) is 12.0 Å². The van der Waals surface area contributed by atoms with Gasteiger partial charge in [-0.2, -0.15) is 0 Å². The van der Waals surface area contributed by atoms with E-state index in [1.807, 2.05) is 0 Å². The molecule has 1 N–H and O–H groups in total. The highest BCUT2D eigenvalue weighted by Gasteiger charge is 2.35. The van der Waals surface area contributed by atoms with E-state index in [1.54, 1.807) is 0 Å². The Morgan fingerprint density at radius 3 is 2.45 bits per heavy atom. The van der Waals surface area contributed by atoms with Gasteiger partial charge in [0, 0.05) is 6.04 Å². The highest BCUT2D eigenvalue weighted by Crippen LogP contribution is 2.44. The highest BCUT2D eigenvalue weighted by molar-refractivity contribution is 4.87. The van der Waals surface area contributed by atoms with Gasteiger partial charge in [-0.15, -0.1) is 6.58 Å². The maximum Gasteiger partial charge on any atom is 0.00104 e. The van der Waals surface area contributed by atoms with Gasteiger partial charge in [-0.3, -0.25) is 0 Å². The molecule has 0 amide bonds. The zero-order valence-corrected chi connectivity index (χ0v) is 14.5. The van der Waals surface area contributed by atoms with E-state index in [4.69, 9.17) is 0 Å². The molecule has 1 heteroatoms. The van der Waals surface area contributed by atoms with E-state index < -0.39 is 0 Å². The molecule has 0 saturated heterocycles. The number of hydrogen-bond donors (Lipinski definition) is 1. The van der Waals surface area contributed by atoms with Gasteiger partial charge in [-0.25, -0.2) is 0 Å². The fourth-order valence-electron chi connectivity index (χ4n) is 3.65. The van der Waals surface area contributed by atoms with Crippen LogP contribution in [0.5, 0.6) is 0 Å². The van der Waals surface area contributed by atoms with Crippen LogP contribution in [0, 0.1) is 23.2 Å². The molecular formula is C19H37N. The molecule has 0 spiro atoms. The third-order valence-electron chi connectivity index (χ3n) is 5.14. The van der Waals surface area contributed by atoms with Crippen LogP contribution in [0.25, 0.3) is 0 Å². The van der Waals surface area contributed by atoms with Crippen LogP contribution in [-0.4, -0.2) is 12.6 Å². The first-order chi connectivity index (χ1) is 9.34. The molecule has 0 aromatic carbocycles. The van der Waals surface area contributed by atoms with E-state index in [2.05, 4.69) is 52.6 Å². The van der Waals surface area contributed by atoms with E-state index in [0.717, 1.165) is 17.8 Å². The van der Waals surface area contributed by atoms with Crippen molar-refractivity contribution in [1.29, 1.82) is 0 Å². The standard InChI is InChI=1S/C19H37N/c1-7-8-9-10-16-13-18(19(4,5)6)12-11-17(16)14-20-15(2)3/h7,15-18,20H,1,8-14H2,2-6H3. The van der Waals surface area contributed by atoms with Crippen molar-refractivity contribution in [3.8, 4) is 0 Å². The summed E-state index contributed by atoms with van der Waals surface area (Å²) in [6, 6.07) is 0.615. The lowest BCUT2D eigenvalue weighted by molar-refractivity contribution is 0.0906. The van der Waals surface area contributed by atoms with Gasteiger partial charge in [0.1, 0.15) is 0 Å². The van der Waals surface area contributed by atoms with Gasteiger partial charge in [-0.1, -0.05) is 40.7 Å². The first-order valence-corrected chi connectivity index (χ1v) is 8.68. The van der Waals surface area contributed by atoms with Crippen molar-refractivity contribution < 1.29 is 0 Å². The number of nitrogens with one attached hydrogen (secondary N) is 1. The Morgan fingerprint density at radius 1 is 1.20 bits per heavy atom. The highest BCUT2D eigenvalue weighted by atomic mass is 14.9. The molecule has 1 rings (SSSR count). The molecule has 0 aliphatic heterocycles. The van der Waals surface area contributed by atoms with E-state index in [0.29, 0.717) is 11.5 Å². The Labute approximate surface area is 127 Å². The quantitative estimate of drug-likeness (QED) is 0.485.